The Morgan fingerprint density at radius 2 is 1.78 bits per heavy atom. The van der Waals surface area contributed by atoms with Crippen molar-refractivity contribution >= 4 is 52.8 Å². The van der Waals surface area contributed by atoms with Crippen LogP contribution in [-0.4, -0.2) is 30.4 Å². The van der Waals surface area contributed by atoms with Gasteiger partial charge in [0.15, 0.2) is 6.61 Å². The van der Waals surface area contributed by atoms with Gasteiger partial charge in [-0.2, -0.15) is 0 Å². The largest absolute Gasteiger partial charge is 0.484 e. The summed E-state index contributed by atoms with van der Waals surface area (Å²) in [4.78, 5) is 51.0. The average molecular weight is 504 g/mol. The van der Waals surface area contributed by atoms with Crippen molar-refractivity contribution in [2.45, 2.75) is 13.8 Å². The molecule has 0 radical (unpaired) electrons. The third-order valence-corrected chi connectivity index (χ3v) is 5.61. The number of urea groups is 1. The lowest BCUT2D eigenvalue weighted by Gasteiger charge is -2.27. The van der Waals surface area contributed by atoms with E-state index in [0.29, 0.717) is 27.6 Å². The summed E-state index contributed by atoms with van der Waals surface area (Å²) in [5, 5.41) is 5.30. The molecule has 8 nitrogen and oxygen atoms in total. The Bertz CT molecular complexity index is 1400. The molecule has 3 aromatic rings. The third-order valence-electron chi connectivity index (χ3n) is 5.38. The normalized spacial score (nSPS) is 14.6. The van der Waals surface area contributed by atoms with Gasteiger partial charge >= 0.3 is 6.03 Å². The molecule has 182 valence electrons. The third kappa shape index (κ3) is 5.61. The molecule has 1 heterocycles. The van der Waals surface area contributed by atoms with Crippen LogP contribution in [-0.2, 0) is 14.4 Å². The summed E-state index contributed by atoms with van der Waals surface area (Å²) in [5.41, 5.74) is 2.96. The Hall–Kier alpha value is -4.43. The molecular formula is C27H22ClN3O5. The van der Waals surface area contributed by atoms with E-state index in [0.717, 1.165) is 10.5 Å². The van der Waals surface area contributed by atoms with Gasteiger partial charge in [-0.1, -0.05) is 41.9 Å². The van der Waals surface area contributed by atoms with E-state index in [2.05, 4.69) is 10.6 Å². The molecule has 36 heavy (non-hydrogen) atoms. The zero-order valence-electron chi connectivity index (χ0n) is 19.5. The van der Waals surface area contributed by atoms with Crippen molar-refractivity contribution in [3.05, 3.63) is 94.0 Å². The SMILES string of the molecule is Cc1cccc(NC(=O)COc2ccc(/C=C3\C(=O)NC(=O)N(c4cc(Cl)ccc4C)C3=O)cc2)c1. The van der Waals surface area contributed by atoms with Crippen LogP contribution in [0.2, 0.25) is 5.02 Å². The van der Waals surface area contributed by atoms with E-state index >= 15 is 0 Å². The molecule has 4 rings (SSSR count). The van der Waals surface area contributed by atoms with Crippen LogP contribution < -0.4 is 20.3 Å². The van der Waals surface area contributed by atoms with E-state index in [4.69, 9.17) is 16.3 Å². The number of hydrogen-bond acceptors (Lipinski definition) is 5. The number of carbonyl (C=O) groups excluding carboxylic acids is 4. The molecule has 0 spiro atoms. The smallest absolute Gasteiger partial charge is 0.335 e. The number of ether oxygens (including phenoxy) is 1. The van der Waals surface area contributed by atoms with Crippen molar-refractivity contribution in [2.75, 3.05) is 16.8 Å². The number of aryl methyl sites for hydroxylation is 2. The monoisotopic (exact) mass is 503 g/mol. The lowest BCUT2D eigenvalue weighted by molar-refractivity contribution is -0.122. The fourth-order valence-electron chi connectivity index (χ4n) is 3.60. The standard InChI is InChI=1S/C27H22ClN3O5/c1-16-4-3-5-20(12-16)29-24(32)15-36-21-10-7-18(8-11-21)13-22-25(33)30-27(35)31(26(22)34)23-14-19(28)9-6-17(23)2/h3-14H,15H2,1-2H3,(H,29,32)(H,30,33,35)/b22-13+. The van der Waals surface area contributed by atoms with Gasteiger partial charge in [0.1, 0.15) is 11.3 Å². The molecule has 0 unspecified atom stereocenters. The lowest BCUT2D eigenvalue weighted by atomic mass is 10.1. The Kier molecular flexibility index (Phi) is 7.17. The van der Waals surface area contributed by atoms with Crippen LogP contribution in [0.5, 0.6) is 5.75 Å². The van der Waals surface area contributed by atoms with E-state index < -0.39 is 17.8 Å². The Balaban J connectivity index is 1.45. The zero-order valence-corrected chi connectivity index (χ0v) is 20.3. The Labute approximate surface area is 212 Å². The van der Waals surface area contributed by atoms with Crippen molar-refractivity contribution < 1.29 is 23.9 Å². The van der Waals surface area contributed by atoms with Crippen LogP contribution in [0.15, 0.2) is 72.3 Å². The first-order valence-corrected chi connectivity index (χ1v) is 11.4. The highest BCUT2D eigenvalue weighted by molar-refractivity contribution is 6.39. The van der Waals surface area contributed by atoms with Crippen LogP contribution in [0.25, 0.3) is 6.08 Å². The van der Waals surface area contributed by atoms with E-state index in [9.17, 15) is 19.2 Å². The molecule has 9 heteroatoms. The maximum absolute atomic E-state index is 13.1. The fraction of sp³-hybridized carbons (Fsp3) is 0.111. The number of anilines is 2. The molecule has 0 aliphatic carbocycles. The van der Waals surface area contributed by atoms with Gasteiger partial charge in [-0.05, 0) is 73.0 Å². The van der Waals surface area contributed by atoms with Gasteiger partial charge in [0.25, 0.3) is 17.7 Å². The van der Waals surface area contributed by atoms with Crippen molar-refractivity contribution in [2.24, 2.45) is 0 Å². The van der Waals surface area contributed by atoms with E-state index in [1.165, 1.54) is 12.1 Å². The molecule has 0 bridgehead atoms. The molecule has 1 aliphatic rings. The molecule has 2 N–H and O–H groups in total. The number of rotatable bonds is 6. The molecule has 1 aliphatic heterocycles. The maximum Gasteiger partial charge on any atom is 0.335 e. The number of nitrogens with zero attached hydrogens (tertiary/aromatic N) is 1. The summed E-state index contributed by atoms with van der Waals surface area (Å²) in [5.74, 6) is -1.43. The number of benzene rings is 3. The molecular weight excluding hydrogens is 482 g/mol. The molecule has 5 amide bonds. The van der Waals surface area contributed by atoms with Gasteiger partial charge in [-0.15, -0.1) is 0 Å². The number of carbonyl (C=O) groups is 4. The lowest BCUT2D eigenvalue weighted by Crippen LogP contribution is -2.54. The molecule has 0 saturated carbocycles. The van der Waals surface area contributed by atoms with Crippen molar-refractivity contribution in [3.8, 4) is 5.75 Å². The minimum atomic E-state index is -0.847. The van der Waals surface area contributed by atoms with Crippen LogP contribution >= 0.6 is 11.6 Å². The van der Waals surface area contributed by atoms with Crippen LogP contribution in [0.4, 0.5) is 16.2 Å². The second-order valence-corrected chi connectivity index (χ2v) is 8.60. The number of halogens is 1. The summed E-state index contributed by atoms with van der Waals surface area (Å²) in [6.07, 6.45) is 1.38. The second-order valence-electron chi connectivity index (χ2n) is 8.16. The minimum absolute atomic E-state index is 0.189. The quantitative estimate of drug-likeness (QED) is 0.376. The summed E-state index contributed by atoms with van der Waals surface area (Å²) < 4.78 is 5.53. The maximum atomic E-state index is 13.1. The molecule has 3 aromatic carbocycles. The Morgan fingerprint density at radius 3 is 2.50 bits per heavy atom. The number of amides is 5. The van der Waals surface area contributed by atoms with Crippen molar-refractivity contribution in [1.82, 2.24) is 5.32 Å². The van der Waals surface area contributed by atoms with Crippen LogP contribution in [0.1, 0.15) is 16.7 Å². The van der Waals surface area contributed by atoms with Gasteiger partial charge < -0.3 is 10.1 Å². The highest BCUT2D eigenvalue weighted by atomic mass is 35.5. The number of nitrogens with one attached hydrogen (secondary N) is 2. The van der Waals surface area contributed by atoms with E-state index in [-0.39, 0.29) is 23.8 Å². The number of imide groups is 2. The molecule has 0 aromatic heterocycles. The van der Waals surface area contributed by atoms with Crippen LogP contribution in [0.3, 0.4) is 0 Å². The molecule has 0 atom stereocenters. The predicted molar refractivity (Wildman–Crippen MR) is 137 cm³/mol. The first-order valence-electron chi connectivity index (χ1n) is 11.0. The zero-order chi connectivity index (χ0) is 25.8. The van der Waals surface area contributed by atoms with Gasteiger partial charge in [-0.25, -0.2) is 9.69 Å². The summed E-state index contributed by atoms with van der Waals surface area (Å²) in [6.45, 7) is 3.47. The van der Waals surface area contributed by atoms with Gasteiger partial charge in [0.05, 0.1) is 5.69 Å². The summed E-state index contributed by atoms with van der Waals surface area (Å²) in [7, 11) is 0. The first kappa shape index (κ1) is 24.7. The second kappa shape index (κ2) is 10.5. The van der Waals surface area contributed by atoms with Gasteiger partial charge in [0.2, 0.25) is 0 Å². The number of barbiturate groups is 1. The molecule has 1 fully saturated rings. The van der Waals surface area contributed by atoms with Gasteiger partial charge in [0, 0.05) is 10.7 Å². The molecule has 1 saturated heterocycles. The highest BCUT2D eigenvalue weighted by Crippen LogP contribution is 2.28. The van der Waals surface area contributed by atoms with Crippen LogP contribution in [0, 0.1) is 13.8 Å². The van der Waals surface area contributed by atoms with Crippen molar-refractivity contribution in [1.29, 1.82) is 0 Å². The topological polar surface area (TPSA) is 105 Å². The Morgan fingerprint density at radius 1 is 1.03 bits per heavy atom. The van der Waals surface area contributed by atoms with E-state index in [1.54, 1.807) is 49.4 Å². The van der Waals surface area contributed by atoms with Crippen molar-refractivity contribution in [3.63, 3.8) is 0 Å². The summed E-state index contributed by atoms with van der Waals surface area (Å²) >= 11 is 6.04. The predicted octanol–water partition coefficient (Wildman–Crippen LogP) is 4.64. The minimum Gasteiger partial charge on any atom is -0.484 e. The summed E-state index contributed by atoms with van der Waals surface area (Å²) in [6, 6.07) is 17.9. The highest BCUT2D eigenvalue weighted by Gasteiger charge is 2.37. The average Bonchev–Trinajstić information content (AvgIpc) is 2.83. The van der Waals surface area contributed by atoms with Gasteiger partial charge in [-0.3, -0.25) is 19.7 Å². The first-order chi connectivity index (χ1) is 17.2. The number of hydrogen-bond donors (Lipinski definition) is 2. The fourth-order valence-corrected chi connectivity index (χ4v) is 3.76. The van der Waals surface area contributed by atoms with E-state index in [1.807, 2.05) is 25.1 Å².